The number of aryl methyl sites for hydroxylation is 1. The lowest BCUT2D eigenvalue weighted by atomic mass is 9.96. The number of hydrogen-bond donors (Lipinski definition) is 1. The molecule has 0 aliphatic carbocycles. The molecule has 1 atom stereocenters. The molecule has 2 saturated heterocycles. The Morgan fingerprint density at radius 2 is 2.14 bits per heavy atom. The van der Waals surface area contributed by atoms with Crippen LogP contribution in [0.4, 0.5) is 0 Å². The second kappa shape index (κ2) is 6.50. The third-order valence-corrected chi connectivity index (χ3v) is 4.79. The van der Waals surface area contributed by atoms with Gasteiger partial charge in [0.15, 0.2) is 0 Å². The summed E-state index contributed by atoms with van der Waals surface area (Å²) in [6, 6.07) is -0.288. The zero-order chi connectivity index (χ0) is 15.5. The van der Waals surface area contributed by atoms with Crippen molar-refractivity contribution < 1.29 is 9.59 Å². The Balaban J connectivity index is 1.50. The van der Waals surface area contributed by atoms with Crippen LogP contribution in [0.25, 0.3) is 0 Å². The van der Waals surface area contributed by atoms with Crippen molar-refractivity contribution in [3.05, 3.63) is 18.2 Å². The van der Waals surface area contributed by atoms with E-state index in [0.717, 1.165) is 44.7 Å². The van der Waals surface area contributed by atoms with Crippen LogP contribution in [0.5, 0.6) is 0 Å². The Kier molecular flexibility index (Phi) is 4.45. The van der Waals surface area contributed by atoms with E-state index < -0.39 is 0 Å². The zero-order valence-corrected chi connectivity index (χ0v) is 13.1. The SMILES string of the molecule is CCc1nccn1CC1CCN(C(=O)C2CCC(=O)N2)CC1. The Bertz CT molecular complexity index is 546. The molecule has 6 nitrogen and oxygen atoms in total. The van der Waals surface area contributed by atoms with Crippen LogP contribution in [0.2, 0.25) is 0 Å². The van der Waals surface area contributed by atoms with Gasteiger partial charge in [-0.1, -0.05) is 6.92 Å². The first-order valence-electron chi connectivity index (χ1n) is 8.25. The quantitative estimate of drug-likeness (QED) is 0.901. The van der Waals surface area contributed by atoms with E-state index in [1.54, 1.807) is 0 Å². The molecule has 1 N–H and O–H groups in total. The number of imidazole rings is 1. The van der Waals surface area contributed by atoms with Crippen molar-refractivity contribution in [2.45, 2.75) is 51.6 Å². The van der Waals surface area contributed by atoms with E-state index in [1.807, 2.05) is 17.3 Å². The third kappa shape index (κ3) is 3.15. The fourth-order valence-corrected chi connectivity index (χ4v) is 3.45. The third-order valence-electron chi connectivity index (χ3n) is 4.79. The van der Waals surface area contributed by atoms with Crippen molar-refractivity contribution >= 4 is 11.8 Å². The first-order chi connectivity index (χ1) is 10.7. The molecule has 0 saturated carbocycles. The lowest BCUT2D eigenvalue weighted by Crippen LogP contribution is -2.47. The molecule has 6 heteroatoms. The average molecular weight is 304 g/mol. The van der Waals surface area contributed by atoms with Crippen LogP contribution < -0.4 is 5.32 Å². The second-order valence-corrected chi connectivity index (χ2v) is 6.28. The van der Waals surface area contributed by atoms with Crippen molar-refractivity contribution in [1.82, 2.24) is 19.8 Å². The molecule has 2 amide bonds. The Morgan fingerprint density at radius 3 is 2.77 bits per heavy atom. The van der Waals surface area contributed by atoms with Gasteiger partial charge in [-0.25, -0.2) is 4.98 Å². The number of aromatic nitrogens is 2. The van der Waals surface area contributed by atoms with E-state index in [4.69, 9.17) is 0 Å². The number of likely N-dealkylation sites (tertiary alicyclic amines) is 1. The standard InChI is InChI=1S/C16H24N4O2/c1-2-14-17-7-10-20(14)11-12-5-8-19(9-6-12)16(22)13-3-4-15(21)18-13/h7,10,12-13H,2-6,8-9,11H2,1H3,(H,18,21). The van der Waals surface area contributed by atoms with Crippen molar-refractivity contribution in [1.29, 1.82) is 0 Å². The number of nitrogens with zero attached hydrogens (tertiary/aromatic N) is 3. The van der Waals surface area contributed by atoms with Crippen LogP contribution in [0.1, 0.15) is 38.4 Å². The summed E-state index contributed by atoms with van der Waals surface area (Å²) in [4.78, 5) is 29.9. The molecular formula is C16H24N4O2. The number of hydrogen-bond acceptors (Lipinski definition) is 3. The molecule has 1 aromatic heterocycles. The molecule has 22 heavy (non-hydrogen) atoms. The molecule has 0 spiro atoms. The van der Waals surface area contributed by atoms with E-state index in [9.17, 15) is 9.59 Å². The Morgan fingerprint density at radius 1 is 1.36 bits per heavy atom. The lowest BCUT2D eigenvalue weighted by molar-refractivity contribution is -0.135. The average Bonchev–Trinajstić information content (AvgIpc) is 3.16. The molecule has 3 heterocycles. The zero-order valence-electron chi connectivity index (χ0n) is 13.1. The second-order valence-electron chi connectivity index (χ2n) is 6.28. The maximum atomic E-state index is 12.4. The molecule has 1 unspecified atom stereocenters. The highest BCUT2D eigenvalue weighted by Crippen LogP contribution is 2.21. The monoisotopic (exact) mass is 304 g/mol. The van der Waals surface area contributed by atoms with E-state index >= 15 is 0 Å². The molecule has 3 rings (SSSR count). The summed E-state index contributed by atoms with van der Waals surface area (Å²) in [7, 11) is 0. The molecule has 0 bridgehead atoms. The number of piperidine rings is 1. The number of carbonyl (C=O) groups excluding carboxylic acids is 2. The number of amides is 2. The highest BCUT2D eigenvalue weighted by molar-refractivity contribution is 5.90. The Labute approximate surface area is 130 Å². The predicted molar refractivity (Wildman–Crippen MR) is 82.1 cm³/mol. The van der Waals surface area contributed by atoms with E-state index in [2.05, 4.69) is 21.8 Å². The summed E-state index contributed by atoms with van der Waals surface area (Å²) in [5.74, 6) is 1.83. The highest BCUT2D eigenvalue weighted by atomic mass is 16.2. The maximum Gasteiger partial charge on any atom is 0.245 e. The van der Waals surface area contributed by atoms with Gasteiger partial charge in [-0.3, -0.25) is 9.59 Å². The number of rotatable bonds is 4. The highest BCUT2D eigenvalue weighted by Gasteiger charge is 2.32. The number of carbonyl (C=O) groups is 2. The fourth-order valence-electron chi connectivity index (χ4n) is 3.45. The van der Waals surface area contributed by atoms with Gasteiger partial charge in [-0.05, 0) is 25.2 Å². The summed E-state index contributed by atoms with van der Waals surface area (Å²) >= 11 is 0. The summed E-state index contributed by atoms with van der Waals surface area (Å²) in [6.45, 7) is 4.71. The maximum absolute atomic E-state index is 12.4. The van der Waals surface area contributed by atoms with Gasteiger partial charge < -0.3 is 14.8 Å². The van der Waals surface area contributed by atoms with Crippen LogP contribution in [0, 0.1) is 5.92 Å². The molecule has 120 valence electrons. The predicted octanol–water partition coefficient (Wildman–Crippen LogP) is 0.963. The lowest BCUT2D eigenvalue weighted by Gasteiger charge is -2.33. The molecule has 1 aromatic rings. The van der Waals surface area contributed by atoms with Crippen LogP contribution in [-0.4, -0.2) is 45.4 Å². The summed E-state index contributed by atoms with van der Waals surface area (Å²) in [6.07, 6.45) is 8.03. The summed E-state index contributed by atoms with van der Waals surface area (Å²) < 4.78 is 2.24. The van der Waals surface area contributed by atoms with Gasteiger partial charge in [0.05, 0.1) is 0 Å². The van der Waals surface area contributed by atoms with Gasteiger partial charge in [0, 0.05) is 44.9 Å². The van der Waals surface area contributed by atoms with Crippen molar-refractivity contribution in [2.24, 2.45) is 5.92 Å². The van der Waals surface area contributed by atoms with Gasteiger partial charge in [-0.2, -0.15) is 0 Å². The first-order valence-corrected chi connectivity index (χ1v) is 8.25. The number of nitrogens with one attached hydrogen (secondary N) is 1. The van der Waals surface area contributed by atoms with E-state index in [0.29, 0.717) is 18.8 Å². The van der Waals surface area contributed by atoms with Gasteiger partial charge in [-0.15, -0.1) is 0 Å². The topological polar surface area (TPSA) is 67.2 Å². The molecule has 0 aromatic carbocycles. The minimum Gasteiger partial charge on any atom is -0.344 e. The molecule has 2 aliphatic rings. The van der Waals surface area contributed by atoms with Gasteiger partial charge in [0.25, 0.3) is 0 Å². The van der Waals surface area contributed by atoms with Crippen LogP contribution in [-0.2, 0) is 22.6 Å². The van der Waals surface area contributed by atoms with Crippen LogP contribution in [0.3, 0.4) is 0 Å². The van der Waals surface area contributed by atoms with E-state index in [-0.39, 0.29) is 17.9 Å². The van der Waals surface area contributed by atoms with Crippen LogP contribution in [0.15, 0.2) is 12.4 Å². The molecular weight excluding hydrogens is 280 g/mol. The normalized spacial score (nSPS) is 22.9. The van der Waals surface area contributed by atoms with Crippen molar-refractivity contribution in [3.63, 3.8) is 0 Å². The van der Waals surface area contributed by atoms with Gasteiger partial charge >= 0.3 is 0 Å². The molecule has 2 aliphatic heterocycles. The molecule has 0 radical (unpaired) electrons. The molecule has 2 fully saturated rings. The fraction of sp³-hybridized carbons (Fsp3) is 0.688. The summed E-state index contributed by atoms with van der Waals surface area (Å²) in [5, 5.41) is 2.77. The van der Waals surface area contributed by atoms with Crippen LogP contribution >= 0.6 is 0 Å². The largest absolute Gasteiger partial charge is 0.344 e. The minimum atomic E-state index is -0.288. The minimum absolute atomic E-state index is 0.000406. The summed E-state index contributed by atoms with van der Waals surface area (Å²) in [5.41, 5.74) is 0. The van der Waals surface area contributed by atoms with E-state index in [1.165, 1.54) is 0 Å². The van der Waals surface area contributed by atoms with Crippen molar-refractivity contribution in [2.75, 3.05) is 13.1 Å². The smallest absolute Gasteiger partial charge is 0.245 e. The van der Waals surface area contributed by atoms with Crippen molar-refractivity contribution in [3.8, 4) is 0 Å². The Hall–Kier alpha value is -1.85. The van der Waals surface area contributed by atoms with Gasteiger partial charge in [0.1, 0.15) is 11.9 Å². The van der Waals surface area contributed by atoms with Gasteiger partial charge in [0.2, 0.25) is 11.8 Å². The first kappa shape index (κ1) is 15.1.